The highest BCUT2D eigenvalue weighted by atomic mass is 35.5. The maximum Gasteiger partial charge on any atom is 0.221 e. The Morgan fingerprint density at radius 3 is 2.35 bits per heavy atom. The Hall–Kier alpha value is -1.96. The van der Waals surface area contributed by atoms with Crippen LogP contribution >= 0.6 is 11.6 Å². The van der Waals surface area contributed by atoms with E-state index in [9.17, 15) is 17.6 Å². The summed E-state index contributed by atoms with van der Waals surface area (Å²) in [4.78, 5) is 12.0. The molecule has 1 N–H and O–H groups in total. The van der Waals surface area contributed by atoms with Crippen molar-refractivity contribution in [2.45, 2.75) is 19.5 Å². The second-order valence-corrected chi connectivity index (χ2v) is 8.20. The van der Waals surface area contributed by atoms with Crippen LogP contribution in [0.3, 0.4) is 0 Å². The smallest absolute Gasteiger partial charge is 0.221 e. The van der Waals surface area contributed by atoms with Gasteiger partial charge in [0.05, 0.1) is 6.26 Å². The molecule has 0 fully saturated rings. The summed E-state index contributed by atoms with van der Waals surface area (Å²) in [5.41, 5.74) is 1.03. The van der Waals surface area contributed by atoms with E-state index in [1.807, 2.05) is 0 Å². The summed E-state index contributed by atoms with van der Waals surface area (Å²) in [5, 5.41) is 3.06. The fourth-order valence-corrected chi connectivity index (χ4v) is 3.32. The van der Waals surface area contributed by atoms with Gasteiger partial charge in [0.2, 0.25) is 15.9 Å². The van der Waals surface area contributed by atoms with E-state index in [2.05, 4.69) is 5.32 Å². The molecule has 5 nitrogen and oxygen atoms in total. The van der Waals surface area contributed by atoms with Gasteiger partial charge < -0.3 is 5.32 Å². The molecule has 2 aromatic carbocycles. The van der Waals surface area contributed by atoms with Gasteiger partial charge in [0, 0.05) is 36.6 Å². The van der Waals surface area contributed by atoms with Crippen molar-refractivity contribution in [3.8, 4) is 0 Å². The van der Waals surface area contributed by atoms with Crippen molar-refractivity contribution in [3.05, 3.63) is 70.5 Å². The normalized spacial score (nSPS) is 11.5. The number of hydrogen-bond acceptors (Lipinski definition) is 3. The minimum absolute atomic E-state index is 0.00710. The van der Waals surface area contributed by atoms with Crippen LogP contribution in [0.15, 0.2) is 48.5 Å². The maximum atomic E-state index is 13.5. The number of hydrogen-bond donors (Lipinski definition) is 1. The first-order valence-corrected chi connectivity index (χ1v) is 10.2. The molecule has 0 bridgehead atoms. The molecule has 140 valence electrons. The fourth-order valence-electron chi connectivity index (χ4n) is 2.33. The van der Waals surface area contributed by atoms with Crippen molar-refractivity contribution in [2.75, 3.05) is 12.8 Å². The monoisotopic (exact) mass is 398 g/mol. The lowest BCUT2D eigenvalue weighted by molar-refractivity contribution is -0.121. The van der Waals surface area contributed by atoms with Crippen molar-refractivity contribution in [1.29, 1.82) is 0 Å². The Balaban J connectivity index is 1.94. The molecule has 0 spiro atoms. The van der Waals surface area contributed by atoms with Gasteiger partial charge in [-0.05, 0) is 17.7 Å². The van der Waals surface area contributed by atoms with Crippen LogP contribution in [0, 0.1) is 5.82 Å². The third-order valence-electron chi connectivity index (χ3n) is 3.80. The quantitative estimate of drug-likeness (QED) is 0.743. The fraction of sp³-hybridized carbons (Fsp3) is 0.278. The SMILES string of the molecule is CS(=O)(=O)N(CCC(=O)NCc1ccccc1F)Cc1ccccc1Cl. The molecule has 0 aromatic heterocycles. The lowest BCUT2D eigenvalue weighted by atomic mass is 10.2. The zero-order chi connectivity index (χ0) is 19.2. The second-order valence-electron chi connectivity index (χ2n) is 5.81. The number of halogens is 2. The molecule has 0 aliphatic rings. The molecule has 0 saturated heterocycles. The zero-order valence-electron chi connectivity index (χ0n) is 14.3. The molecule has 0 unspecified atom stereocenters. The maximum absolute atomic E-state index is 13.5. The predicted octanol–water partition coefficient (Wildman–Crippen LogP) is 2.95. The van der Waals surface area contributed by atoms with E-state index >= 15 is 0 Å². The minimum Gasteiger partial charge on any atom is -0.352 e. The van der Waals surface area contributed by atoms with E-state index in [4.69, 9.17) is 11.6 Å². The van der Waals surface area contributed by atoms with Gasteiger partial charge in [-0.15, -0.1) is 0 Å². The molecule has 26 heavy (non-hydrogen) atoms. The van der Waals surface area contributed by atoms with E-state index < -0.39 is 15.8 Å². The lowest BCUT2D eigenvalue weighted by Gasteiger charge is -2.20. The Labute approximate surface area is 157 Å². The molecular formula is C18H20ClFN2O3S. The van der Waals surface area contributed by atoms with Gasteiger partial charge in [-0.2, -0.15) is 4.31 Å². The summed E-state index contributed by atoms with van der Waals surface area (Å²) in [6, 6.07) is 13.1. The van der Waals surface area contributed by atoms with Crippen LogP contribution in [-0.4, -0.2) is 31.4 Å². The molecular weight excluding hydrogens is 379 g/mol. The first-order valence-electron chi connectivity index (χ1n) is 7.96. The van der Waals surface area contributed by atoms with Crippen molar-refractivity contribution in [2.24, 2.45) is 0 Å². The predicted molar refractivity (Wildman–Crippen MR) is 99.6 cm³/mol. The number of rotatable bonds is 8. The second kappa shape index (κ2) is 9.12. The number of carbonyl (C=O) groups is 1. The average molecular weight is 399 g/mol. The Bertz CT molecular complexity index is 874. The first kappa shape index (κ1) is 20.4. The van der Waals surface area contributed by atoms with Crippen molar-refractivity contribution in [1.82, 2.24) is 9.62 Å². The molecule has 0 saturated carbocycles. The number of benzene rings is 2. The molecule has 0 heterocycles. The largest absolute Gasteiger partial charge is 0.352 e. The van der Waals surface area contributed by atoms with Crippen LogP contribution in [0.4, 0.5) is 4.39 Å². The molecule has 1 amide bonds. The van der Waals surface area contributed by atoms with E-state index in [1.165, 1.54) is 10.4 Å². The third-order valence-corrected chi connectivity index (χ3v) is 5.41. The van der Waals surface area contributed by atoms with Crippen LogP contribution in [0.5, 0.6) is 0 Å². The summed E-state index contributed by atoms with van der Waals surface area (Å²) >= 11 is 6.08. The topological polar surface area (TPSA) is 66.5 Å². The van der Waals surface area contributed by atoms with Gasteiger partial charge >= 0.3 is 0 Å². The third kappa shape index (κ3) is 6.09. The number of carbonyl (C=O) groups excluding carboxylic acids is 1. The van der Waals surface area contributed by atoms with Gasteiger partial charge in [0.15, 0.2) is 0 Å². The standard InChI is InChI=1S/C18H20ClFN2O3S/c1-26(24,25)22(13-15-7-2-4-8-16(15)19)11-10-18(23)21-12-14-6-3-5-9-17(14)20/h2-9H,10-13H2,1H3,(H,21,23). The lowest BCUT2D eigenvalue weighted by Crippen LogP contribution is -2.34. The van der Waals surface area contributed by atoms with E-state index in [-0.39, 0.29) is 32.0 Å². The minimum atomic E-state index is -3.51. The average Bonchev–Trinajstić information content (AvgIpc) is 2.58. The number of nitrogens with one attached hydrogen (secondary N) is 1. The molecule has 8 heteroatoms. The van der Waals surface area contributed by atoms with Gasteiger partial charge in [0.1, 0.15) is 5.82 Å². The molecule has 0 aliphatic carbocycles. The van der Waals surface area contributed by atoms with Gasteiger partial charge in [-0.1, -0.05) is 48.0 Å². The first-order chi connectivity index (χ1) is 12.3. The van der Waals surface area contributed by atoms with Crippen LogP contribution < -0.4 is 5.32 Å². The molecule has 2 aromatic rings. The van der Waals surface area contributed by atoms with Crippen molar-refractivity contribution >= 4 is 27.5 Å². The van der Waals surface area contributed by atoms with E-state index in [0.29, 0.717) is 16.1 Å². The number of sulfonamides is 1. The Morgan fingerprint density at radius 1 is 1.12 bits per heavy atom. The number of nitrogens with zero attached hydrogens (tertiary/aromatic N) is 1. The van der Waals surface area contributed by atoms with Crippen molar-refractivity contribution in [3.63, 3.8) is 0 Å². The van der Waals surface area contributed by atoms with E-state index in [1.54, 1.807) is 42.5 Å². The highest BCUT2D eigenvalue weighted by molar-refractivity contribution is 7.88. The molecule has 0 aliphatic heterocycles. The highest BCUT2D eigenvalue weighted by Gasteiger charge is 2.19. The Kier molecular flexibility index (Phi) is 7.14. The summed E-state index contributed by atoms with van der Waals surface area (Å²) in [6.45, 7) is 0.140. The van der Waals surface area contributed by atoms with Gasteiger partial charge in [-0.25, -0.2) is 12.8 Å². The summed E-state index contributed by atoms with van der Waals surface area (Å²) < 4.78 is 38.7. The molecule has 0 atom stereocenters. The molecule has 0 radical (unpaired) electrons. The summed E-state index contributed by atoms with van der Waals surface area (Å²) in [5.74, 6) is -0.759. The zero-order valence-corrected chi connectivity index (χ0v) is 15.9. The van der Waals surface area contributed by atoms with Gasteiger partial charge in [-0.3, -0.25) is 4.79 Å². The van der Waals surface area contributed by atoms with Gasteiger partial charge in [0.25, 0.3) is 0 Å². The van der Waals surface area contributed by atoms with E-state index in [0.717, 1.165) is 6.26 Å². The van der Waals surface area contributed by atoms with Crippen LogP contribution in [-0.2, 0) is 27.9 Å². The Morgan fingerprint density at radius 2 is 1.73 bits per heavy atom. The van der Waals surface area contributed by atoms with Crippen LogP contribution in [0.2, 0.25) is 5.02 Å². The van der Waals surface area contributed by atoms with Crippen LogP contribution in [0.25, 0.3) is 0 Å². The molecule has 2 rings (SSSR count). The summed E-state index contributed by atoms with van der Waals surface area (Å²) in [6.07, 6.45) is 1.05. The highest BCUT2D eigenvalue weighted by Crippen LogP contribution is 2.18. The van der Waals surface area contributed by atoms with Crippen molar-refractivity contribution < 1.29 is 17.6 Å². The summed E-state index contributed by atoms with van der Waals surface area (Å²) in [7, 11) is -3.51. The number of amides is 1. The van der Waals surface area contributed by atoms with Crippen LogP contribution in [0.1, 0.15) is 17.5 Å².